The van der Waals surface area contributed by atoms with E-state index < -0.39 is 0 Å². The summed E-state index contributed by atoms with van der Waals surface area (Å²) in [5, 5.41) is 7.58. The Labute approximate surface area is 182 Å². The maximum absolute atomic E-state index is 6.49. The maximum Gasteiger partial charge on any atom is 0.118 e. The first kappa shape index (κ1) is 20.0. The number of para-hydroxylation sites is 1. The molecule has 4 nitrogen and oxygen atoms in total. The van der Waals surface area contributed by atoms with Crippen molar-refractivity contribution >= 4 is 29.1 Å². The summed E-state index contributed by atoms with van der Waals surface area (Å²) in [6.45, 7) is 0. The molecule has 1 atom stereocenters. The van der Waals surface area contributed by atoms with Crippen LogP contribution >= 0.6 is 11.6 Å². The first-order valence-electron chi connectivity index (χ1n) is 9.75. The number of hydrogen-bond acceptors (Lipinski definition) is 4. The third-order valence-electron chi connectivity index (χ3n) is 5.12. The van der Waals surface area contributed by atoms with Gasteiger partial charge in [0.25, 0.3) is 0 Å². The average molecular weight is 419 g/mol. The molecule has 0 radical (unpaired) electrons. The summed E-state index contributed by atoms with van der Waals surface area (Å²) in [6.07, 6.45) is 4.92. The summed E-state index contributed by atoms with van der Waals surface area (Å²) < 4.78 is 10.5. The molecule has 1 aliphatic rings. The van der Waals surface area contributed by atoms with Crippen LogP contribution in [0.25, 0.3) is 6.08 Å². The lowest BCUT2D eigenvalue weighted by molar-refractivity contribution is 0.414. The zero-order valence-corrected chi connectivity index (χ0v) is 17.7. The van der Waals surface area contributed by atoms with E-state index in [1.165, 1.54) is 0 Å². The van der Waals surface area contributed by atoms with Crippen LogP contribution in [0.2, 0.25) is 5.02 Å². The highest BCUT2D eigenvalue weighted by molar-refractivity contribution is 6.33. The SMILES string of the molecule is COc1ccc(/C=C/C2=NN(c3ccccc3Cl)C(c3ccc(OC)cc3)C2)cc1. The van der Waals surface area contributed by atoms with Crippen LogP contribution in [0.4, 0.5) is 5.69 Å². The molecule has 0 amide bonds. The lowest BCUT2D eigenvalue weighted by Gasteiger charge is -2.25. The summed E-state index contributed by atoms with van der Waals surface area (Å²) >= 11 is 6.49. The van der Waals surface area contributed by atoms with Crippen molar-refractivity contribution in [3.05, 3.63) is 95.0 Å². The Morgan fingerprint density at radius 1 is 0.867 bits per heavy atom. The van der Waals surface area contributed by atoms with Gasteiger partial charge in [0.05, 0.1) is 36.7 Å². The van der Waals surface area contributed by atoms with Gasteiger partial charge in [0, 0.05) is 6.42 Å². The molecular weight excluding hydrogens is 396 g/mol. The van der Waals surface area contributed by atoms with Crippen molar-refractivity contribution < 1.29 is 9.47 Å². The highest BCUT2D eigenvalue weighted by atomic mass is 35.5. The van der Waals surface area contributed by atoms with Gasteiger partial charge in [-0.3, -0.25) is 5.01 Å². The molecule has 3 aromatic carbocycles. The van der Waals surface area contributed by atoms with E-state index in [-0.39, 0.29) is 6.04 Å². The molecule has 0 aliphatic carbocycles. The molecule has 4 rings (SSSR count). The molecule has 0 saturated heterocycles. The maximum atomic E-state index is 6.49. The minimum atomic E-state index is 0.0614. The van der Waals surface area contributed by atoms with Crippen molar-refractivity contribution in [2.75, 3.05) is 19.2 Å². The molecular formula is C25H23ClN2O2. The third kappa shape index (κ3) is 4.34. The van der Waals surface area contributed by atoms with Gasteiger partial charge in [0.2, 0.25) is 0 Å². The fourth-order valence-corrected chi connectivity index (χ4v) is 3.71. The van der Waals surface area contributed by atoms with Crippen molar-refractivity contribution in [2.24, 2.45) is 5.10 Å². The van der Waals surface area contributed by atoms with E-state index in [0.717, 1.165) is 40.4 Å². The second kappa shape index (κ2) is 9.06. The van der Waals surface area contributed by atoms with E-state index in [2.05, 4.69) is 24.3 Å². The molecule has 30 heavy (non-hydrogen) atoms. The van der Waals surface area contributed by atoms with Gasteiger partial charge in [-0.25, -0.2) is 0 Å². The molecule has 3 aromatic rings. The quantitative estimate of drug-likeness (QED) is 0.466. The largest absolute Gasteiger partial charge is 0.497 e. The van der Waals surface area contributed by atoms with Crippen molar-refractivity contribution in [3.8, 4) is 11.5 Å². The van der Waals surface area contributed by atoms with Crippen LogP contribution in [0.1, 0.15) is 23.6 Å². The lowest BCUT2D eigenvalue weighted by Crippen LogP contribution is -2.18. The van der Waals surface area contributed by atoms with Crippen LogP contribution in [-0.4, -0.2) is 19.9 Å². The smallest absolute Gasteiger partial charge is 0.118 e. The topological polar surface area (TPSA) is 34.1 Å². The molecule has 5 heteroatoms. The Morgan fingerprint density at radius 2 is 1.50 bits per heavy atom. The fourth-order valence-electron chi connectivity index (χ4n) is 3.49. The van der Waals surface area contributed by atoms with Gasteiger partial charge in [-0.05, 0) is 53.6 Å². The van der Waals surface area contributed by atoms with Crippen molar-refractivity contribution in [1.29, 1.82) is 0 Å². The number of ether oxygens (including phenoxy) is 2. The summed E-state index contributed by atoms with van der Waals surface area (Å²) in [6, 6.07) is 23.9. The van der Waals surface area contributed by atoms with Gasteiger partial charge in [-0.1, -0.05) is 54.1 Å². The number of halogens is 1. The van der Waals surface area contributed by atoms with Crippen LogP contribution < -0.4 is 14.5 Å². The van der Waals surface area contributed by atoms with Gasteiger partial charge in [0.1, 0.15) is 11.5 Å². The molecule has 1 aliphatic heterocycles. The first-order valence-corrected chi connectivity index (χ1v) is 10.1. The molecule has 0 N–H and O–H groups in total. The molecule has 0 bridgehead atoms. The molecule has 1 heterocycles. The summed E-state index contributed by atoms with van der Waals surface area (Å²) in [5.74, 6) is 1.68. The highest BCUT2D eigenvalue weighted by Crippen LogP contribution is 2.39. The molecule has 0 saturated carbocycles. The molecule has 152 valence electrons. The number of methoxy groups -OCH3 is 2. The van der Waals surface area contributed by atoms with Crippen LogP contribution in [0, 0.1) is 0 Å². The minimum absolute atomic E-state index is 0.0614. The molecule has 0 fully saturated rings. The summed E-state index contributed by atoms with van der Waals surface area (Å²) in [4.78, 5) is 0. The summed E-state index contributed by atoms with van der Waals surface area (Å²) in [7, 11) is 3.34. The van der Waals surface area contributed by atoms with Crippen molar-refractivity contribution in [2.45, 2.75) is 12.5 Å². The Hall–Kier alpha value is -3.24. The van der Waals surface area contributed by atoms with E-state index in [9.17, 15) is 0 Å². The monoisotopic (exact) mass is 418 g/mol. The minimum Gasteiger partial charge on any atom is -0.497 e. The number of hydrogen-bond donors (Lipinski definition) is 0. The Bertz CT molecular complexity index is 1060. The molecule has 1 unspecified atom stereocenters. The van der Waals surface area contributed by atoms with Gasteiger partial charge >= 0.3 is 0 Å². The number of allylic oxidation sites excluding steroid dienone is 1. The van der Waals surface area contributed by atoms with Gasteiger partial charge in [0.15, 0.2) is 0 Å². The zero-order valence-electron chi connectivity index (χ0n) is 17.0. The second-order valence-electron chi connectivity index (χ2n) is 6.99. The normalized spacial score (nSPS) is 16.0. The number of anilines is 1. The first-order chi connectivity index (χ1) is 14.7. The van der Waals surface area contributed by atoms with E-state index >= 15 is 0 Å². The Kier molecular flexibility index (Phi) is 6.05. The molecule has 0 spiro atoms. The number of hydrazone groups is 1. The standard InChI is InChI=1S/C25H23ClN2O2/c1-29-21-13-8-18(9-14-21)7-12-20-17-25(19-10-15-22(30-2)16-11-19)28(27-20)24-6-4-3-5-23(24)26/h3-16,25H,17H2,1-2H3/b12-7+. The Morgan fingerprint density at radius 3 is 2.13 bits per heavy atom. The van der Waals surface area contributed by atoms with Crippen LogP contribution in [-0.2, 0) is 0 Å². The second-order valence-corrected chi connectivity index (χ2v) is 7.39. The predicted octanol–water partition coefficient (Wildman–Crippen LogP) is 6.38. The van der Waals surface area contributed by atoms with Gasteiger partial charge < -0.3 is 9.47 Å². The van der Waals surface area contributed by atoms with E-state index in [1.807, 2.05) is 65.7 Å². The number of rotatable bonds is 6. The van der Waals surface area contributed by atoms with Gasteiger partial charge in [-0.15, -0.1) is 0 Å². The van der Waals surface area contributed by atoms with E-state index in [0.29, 0.717) is 5.02 Å². The summed E-state index contributed by atoms with van der Waals surface area (Å²) in [5.41, 5.74) is 4.14. The van der Waals surface area contributed by atoms with Crippen molar-refractivity contribution in [1.82, 2.24) is 0 Å². The fraction of sp³-hybridized carbons (Fsp3) is 0.160. The van der Waals surface area contributed by atoms with Gasteiger partial charge in [-0.2, -0.15) is 5.10 Å². The molecule has 0 aromatic heterocycles. The number of benzene rings is 3. The zero-order chi connectivity index (χ0) is 20.9. The predicted molar refractivity (Wildman–Crippen MR) is 124 cm³/mol. The van der Waals surface area contributed by atoms with Crippen LogP contribution in [0.3, 0.4) is 0 Å². The highest BCUT2D eigenvalue weighted by Gasteiger charge is 2.29. The van der Waals surface area contributed by atoms with E-state index in [4.69, 9.17) is 26.2 Å². The van der Waals surface area contributed by atoms with Crippen molar-refractivity contribution in [3.63, 3.8) is 0 Å². The van der Waals surface area contributed by atoms with E-state index in [1.54, 1.807) is 14.2 Å². The average Bonchev–Trinajstić information content (AvgIpc) is 3.22. The number of nitrogens with zero attached hydrogens (tertiary/aromatic N) is 2. The van der Waals surface area contributed by atoms with Crippen LogP contribution in [0.15, 0.2) is 84.0 Å². The Balaban J connectivity index is 1.63. The van der Waals surface area contributed by atoms with Crippen LogP contribution in [0.5, 0.6) is 11.5 Å². The lowest BCUT2D eigenvalue weighted by atomic mass is 10.0. The third-order valence-corrected chi connectivity index (χ3v) is 5.44.